The summed E-state index contributed by atoms with van der Waals surface area (Å²) >= 11 is 0. The Kier molecular flexibility index (Phi) is 7.48. The number of aromatic nitrogens is 2. The molecule has 0 spiro atoms. The lowest BCUT2D eigenvalue weighted by Gasteiger charge is -2.36. The van der Waals surface area contributed by atoms with E-state index < -0.39 is 19.8 Å². The van der Waals surface area contributed by atoms with E-state index in [2.05, 4.69) is 49.5 Å². The molecular weight excluding hydrogens is 484 g/mol. The van der Waals surface area contributed by atoms with E-state index >= 15 is 0 Å². The van der Waals surface area contributed by atoms with Gasteiger partial charge in [-0.3, -0.25) is 14.4 Å². The van der Waals surface area contributed by atoms with Crippen LogP contribution in [0, 0.1) is 5.92 Å². The lowest BCUT2D eigenvalue weighted by molar-refractivity contribution is 0.0947. The van der Waals surface area contributed by atoms with Crippen LogP contribution in [0.5, 0.6) is 0 Å². The van der Waals surface area contributed by atoms with Crippen molar-refractivity contribution in [2.24, 2.45) is 5.92 Å². The summed E-state index contributed by atoms with van der Waals surface area (Å²) in [6.07, 6.45) is 5.21. The van der Waals surface area contributed by atoms with Gasteiger partial charge in [0.1, 0.15) is 5.56 Å². The van der Waals surface area contributed by atoms with Gasteiger partial charge in [0, 0.05) is 43.0 Å². The largest absolute Gasteiger partial charge is 0.417 e. The molecule has 0 saturated heterocycles. The van der Waals surface area contributed by atoms with Crippen LogP contribution in [-0.2, 0) is 11.0 Å². The van der Waals surface area contributed by atoms with E-state index in [1.807, 2.05) is 30.5 Å². The van der Waals surface area contributed by atoms with Crippen molar-refractivity contribution in [3.8, 4) is 0 Å². The molecule has 37 heavy (non-hydrogen) atoms. The highest BCUT2D eigenvalue weighted by atomic mass is 28.4. The van der Waals surface area contributed by atoms with Gasteiger partial charge in [-0.1, -0.05) is 32.9 Å². The third-order valence-electron chi connectivity index (χ3n) is 7.84. The number of benzene rings is 1. The van der Waals surface area contributed by atoms with Crippen LogP contribution in [0.2, 0.25) is 18.1 Å². The zero-order chi connectivity index (χ0) is 27.0. The highest BCUT2D eigenvalue weighted by Gasteiger charge is 2.40. The molecule has 1 aromatic carbocycles. The lowest BCUT2D eigenvalue weighted by Crippen LogP contribution is -2.41. The molecular formula is C28H38N4O4Si. The van der Waals surface area contributed by atoms with Crippen LogP contribution in [0.25, 0.3) is 10.9 Å². The van der Waals surface area contributed by atoms with Crippen molar-refractivity contribution in [2.75, 3.05) is 13.7 Å². The number of rotatable bonds is 9. The van der Waals surface area contributed by atoms with E-state index in [-0.39, 0.29) is 29.1 Å². The quantitative estimate of drug-likeness (QED) is 0.365. The van der Waals surface area contributed by atoms with E-state index in [1.165, 1.54) is 17.7 Å². The normalized spacial score (nSPS) is 17.6. The summed E-state index contributed by atoms with van der Waals surface area (Å²) in [6.45, 7) is 12.1. The Morgan fingerprint density at radius 3 is 2.65 bits per heavy atom. The van der Waals surface area contributed by atoms with Crippen LogP contribution in [-0.4, -0.2) is 49.4 Å². The van der Waals surface area contributed by atoms with E-state index in [9.17, 15) is 14.4 Å². The van der Waals surface area contributed by atoms with E-state index in [0.29, 0.717) is 18.1 Å². The first kappa shape index (κ1) is 26.9. The summed E-state index contributed by atoms with van der Waals surface area (Å²) in [5.74, 6) is -0.416. The molecule has 0 bridgehead atoms. The molecule has 0 aliphatic heterocycles. The summed E-state index contributed by atoms with van der Waals surface area (Å²) in [5, 5.41) is 6.76. The van der Waals surface area contributed by atoms with Gasteiger partial charge in [0.05, 0.1) is 12.1 Å². The van der Waals surface area contributed by atoms with Gasteiger partial charge in [-0.25, -0.2) is 0 Å². The Bertz CT molecular complexity index is 1370. The van der Waals surface area contributed by atoms with E-state index in [0.717, 1.165) is 29.3 Å². The Morgan fingerprint density at radius 2 is 1.95 bits per heavy atom. The number of amides is 2. The number of carbonyl (C=O) groups excluding carboxylic acids is 2. The third kappa shape index (κ3) is 5.88. The Labute approximate surface area is 218 Å². The predicted octanol–water partition coefficient (Wildman–Crippen LogP) is 4.27. The predicted molar refractivity (Wildman–Crippen MR) is 149 cm³/mol. The first-order chi connectivity index (χ1) is 17.4. The Hall–Kier alpha value is -3.17. The number of fused-ring (bicyclic) bond motifs is 1. The molecule has 0 unspecified atom stereocenters. The topological polar surface area (TPSA) is 105 Å². The van der Waals surface area contributed by atoms with Gasteiger partial charge in [-0.2, -0.15) is 0 Å². The number of carbonyl (C=O) groups is 2. The summed E-state index contributed by atoms with van der Waals surface area (Å²) in [7, 11) is -0.315. The minimum atomic E-state index is -1.79. The zero-order valence-corrected chi connectivity index (χ0v) is 23.6. The first-order valence-electron chi connectivity index (χ1n) is 12.9. The second kappa shape index (κ2) is 10.3. The second-order valence-electron chi connectivity index (χ2n) is 11.5. The van der Waals surface area contributed by atoms with Crippen LogP contribution in [0.3, 0.4) is 0 Å². The van der Waals surface area contributed by atoms with Crippen molar-refractivity contribution in [3.05, 3.63) is 69.8 Å². The maximum atomic E-state index is 13.2. The number of nitrogens with one attached hydrogen (secondary N) is 3. The van der Waals surface area contributed by atoms with Crippen molar-refractivity contribution in [1.29, 1.82) is 0 Å². The number of pyridine rings is 1. The maximum absolute atomic E-state index is 13.2. The van der Waals surface area contributed by atoms with Gasteiger partial charge in [0.15, 0.2) is 8.32 Å². The molecule has 1 fully saturated rings. The SMILES string of the molecule is CNC(=O)c1cc(C(=O)N[C@H]2C[C@@H]2CCO[Si](C)(C)C(C)(C)C)cn(Cc2cccc3[nH]ccc23)c1=O. The van der Waals surface area contributed by atoms with E-state index in [1.54, 1.807) is 6.20 Å². The van der Waals surface area contributed by atoms with E-state index in [4.69, 9.17) is 4.43 Å². The Balaban J connectivity index is 1.47. The van der Waals surface area contributed by atoms with Crippen molar-refractivity contribution in [1.82, 2.24) is 20.2 Å². The van der Waals surface area contributed by atoms with Crippen LogP contribution >= 0.6 is 0 Å². The molecule has 198 valence electrons. The number of hydrogen-bond acceptors (Lipinski definition) is 4. The molecule has 1 saturated carbocycles. The molecule has 4 rings (SSSR count). The maximum Gasteiger partial charge on any atom is 0.263 e. The fourth-order valence-corrected chi connectivity index (χ4v) is 5.38. The molecule has 2 heterocycles. The number of nitrogens with zero attached hydrogens (tertiary/aromatic N) is 1. The molecule has 2 atom stereocenters. The third-order valence-corrected chi connectivity index (χ3v) is 12.4. The molecule has 3 aromatic rings. The lowest BCUT2D eigenvalue weighted by atomic mass is 10.1. The highest BCUT2D eigenvalue weighted by Crippen LogP contribution is 2.38. The van der Waals surface area contributed by atoms with Crippen molar-refractivity contribution in [2.45, 2.75) is 64.3 Å². The second-order valence-corrected chi connectivity index (χ2v) is 16.3. The average molecular weight is 523 g/mol. The van der Waals surface area contributed by atoms with Gasteiger partial charge in [0.2, 0.25) is 0 Å². The smallest absolute Gasteiger partial charge is 0.263 e. The van der Waals surface area contributed by atoms with Gasteiger partial charge < -0.3 is 24.6 Å². The number of aromatic amines is 1. The van der Waals surface area contributed by atoms with Gasteiger partial charge >= 0.3 is 0 Å². The summed E-state index contributed by atoms with van der Waals surface area (Å²) < 4.78 is 7.73. The molecule has 2 aromatic heterocycles. The highest BCUT2D eigenvalue weighted by molar-refractivity contribution is 6.74. The summed E-state index contributed by atoms with van der Waals surface area (Å²) in [5.41, 5.74) is 1.69. The molecule has 1 aliphatic rings. The van der Waals surface area contributed by atoms with Gasteiger partial charge in [-0.05, 0) is 60.7 Å². The van der Waals surface area contributed by atoms with Crippen molar-refractivity contribution < 1.29 is 14.0 Å². The van der Waals surface area contributed by atoms with Crippen molar-refractivity contribution >= 4 is 31.0 Å². The molecule has 3 N–H and O–H groups in total. The minimum absolute atomic E-state index is 0.0495. The standard InChI is InChI=1S/C28H38N4O4Si/c1-28(2,3)37(5,6)36-13-11-18-15-24(18)31-25(33)20-14-22(26(34)29-4)27(35)32(17-20)16-19-8-7-9-23-21(19)10-12-30-23/h7-10,12,14,17-18,24,30H,11,13,15-16H2,1-6H3,(H,29,34)(H,31,33)/t18-,24-/m0/s1. The van der Waals surface area contributed by atoms with Crippen LogP contribution in [0.15, 0.2) is 47.5 Å². The van der Waals surface area contributed by atoms with Gasteiger partial charge in [-0.15, -0.1) is 0 Å². The monoisotopic (exact) mass is 522 g/mol. The number of H-pyrrole nitrogens is 1. The average Bonchev–Trinajstić information content (AvgIpc) is 3.36. The molecule has 8 nitrogen and oxygen atoms in total. The fourth-order valence-electron chi connectivity index (χ4n) is 4.32. The summed E-state index contributed by atoms with van der Waals surface area (Å²) in [4.78, 5) is 41.9. The summed E-state index contributed by atoms with van der Waals surface area (Å²) in [6, 6.07) is 9.24. The fraction of sp³-hybridized carbons (Fsp3) is 0.464. The minimum Gasteiger partial charge on any atom is -0.417 e. The van der Waals surface area contributed by atoms with Crippen molar-refractivity contribution in [3.63, 3.8) is 0 Å². The first-order valence-corrected chi connectivity index (χ1v) is 15.8. The van der Waals surface area contributed by atoms with Gasteiger partial charge in [0.25, 0.3) is 17.4 Å². The Morgan fingerprint density at radius 1 is 1.19 bits per heavy atom. The molecule has 9 heteroatoms. The number of hydrogen-bond donors (Lipinski definition) is 3. The molecule has 1 aliphatic carbocycles. The molecule has 0 radical (unpaired) electrons. The van der Waals surface area contributed by atoms with Crippen LogP contribution in [0.1, 0.15) is 59.9 Å². The zero-order valence-electron chi connectivity index (χ0n) is 22.6. The van der Waals surface area contributed by atoms with Crippen LogP contribution < -0.4 is 16.2 Å². The molecule has 2 amide bonds. The van der Waals surface area contributed by atoms with Crippen LogP contribution in [0.4, 0.5) is 0 Å².